The number of nitro groups is 1. The normalized spacial score (nSPS) is 13.1. The van der Waals surface area contributed by atoms with Gasteiger partial charge in [0.15, 0.2) is 4.90 Å². The Morgan fingerprint density at radius 1 is 1.00 bits per heavy atom. The van der Waals surface area contributed by atoms with Crippen molar-refractivity contribution in [3.63, 3.8) is 0 Å². The predicted octanol–water partition coefficient (Wildman–Crippen LogP) is 3.10. The summed E-state index contributed by atoms with van der Waals surface area (Å²) in [6.07, 6.45) is 0.666. The summed E-state index contributed by atoms with van der Waals surface area (Å²) in [5.74, 6) is -1.43. The number of sulfonamides is 1. The lowest BCUT2D eigenvalue weighted by Crippen LogP contribution is -2.52. The molecule has 0 saturated heterocycles. The average Bonchev–Trinajstić information content (AvgIpc) is 2.87. The summed E-state index contributed by atoms with van der Waals surface area (Å²) in [5, 5.41) is 15.9. The van der Waals surface area contributed by atoms with Crippen molar-refractivity contribution in [3.05, 3.63) is 82.4 Å². The maximum absolute atomic E-state index is 13.1. The minimum atomic E-state index is -4.42. The number of hydrogen-bond donors (Lipinski definition) is 2. The van der Waals surface area contributed by atoms with Crippen molar-refractivity contribution < 1.29 is 27.7 Å². The van der Waals surface area contributed by atoms with E-state index in [1.54, 1.807) is 6.92 Å². The monoisotopic (exact) mass is 513 g/mol. The second kappa shape index (κ2) is 11.7. The van der Waals surface area contributed by atoms with E-state index in [-0.39, 0.29) is 12.8 Å². The highest BCUT2D eigenvalue weighted by Gasteiger charge is 2.32. The Kier molecular flexibility index (Phi) is 8.73. The number of nitrogens with one attached hydrogen (secondary N) is 2. The van der Waals surface area contributed by atoms with Crippen LogP contribution in [0.5, 0.6) is 0 Å². The van der Waals surface area contributed by atoms with Gasteiger partial charge < -0.3 is 10.1 Å². The molecule has 2 N–H and O–H groups in total. The highest BCUT2D eigenvalue weighted by molar-refractivity contribution is 7.89. The third kappa shape index (κ3) is 6.43. The van der Waals surface area contributed by atoms with Gasteiger partial charge >= 0.3 is 5.97 Å². The van der Waals surface area contributed by atoms with E-state index in [4.69, 9.17) is 4.74 Å². The third-order valence-electron chi connectivity index (χ3n) is 5.60. The van der Waals surface area contributed by atoms with Gasteiger partial charge in [-0.2, -0.15) is 4.72 Å². The van der Waals surface area contributed by atoms with Gasteiger partial charge in [0.2, 0.25) is 15.9 Å². The van der Waals surface area contributed by atoms with Crippen molar-refractivity contribution in [2.75, 3.05) is 7.11 Å². The van der Waals surface area contributed by atoms with Crippen molar-refractivity contribution in [3.8, 4) is 0 Å². The van der Waals surface area contributed by atoms with E-state index in [9.17, 15) is 28.1 Å². The van der Waals surface area contributed by atoms with Crippen molar-refractivity contribution in [2.24, 2.45) is 0 Å². The highest BCUT2D eigenvalue weighted by Crippen LogP contribution is 2.23. The van der Waals surface area contributed by atoms with Crippen LogP contribution < -0.4 is 10.0 Å². The number of amides is 1. The number of rotatable bonds is 11. The van der Waals surface area contributed by atoms with Crippen molar-refractivity contribution in [1.82, 2.24) is 10.0 Å². The van der Waals surface area contributed by atoms with Gasteiger partial charge in [-0.05, 0) is 28.8 Å². The molecular formula is C25H27N3O7S. The van der Waals surface area contributed by atoms with Crippen LogP contribution in [-0.4, -0.2) is 44.4 Å². The van der Waals surface area contributed by atoms with Crippen molar-refractivity contribution in [1.29, 1.82) is 0 Å². The maximum atomic E-state index is 13.1. The Morgan fingerprint density at radius 2 is 1.67 bits per heavy atom. The van der Waals surface area contributed by atoms with E-state index in [2.05, 4.69) is 10.0 Å². The van der Waals surface area contributed by atoms with Gasteiger partial charge in [0.25, 0.3) is 5.69 Å². The fraction of sp³-hybridized carbons (Fsp3) is 0.280. The van der Waals surface area contributed by atoms with Gasteiger partial charge in [-0.15, -0.1) is 0 Å². The molecule has 0 aromatic heterocycles. The number of benzene rings is 3. The van der Waals surface area contributed by atoms with Crippen LogP contribution >= 0.6 is 0 Å². The topological polar surface area (TPSA) is 145 Å². The number of ether oxygens (including phenoxy) is 1. The standard InChI is InChI=1S/C25H27N3O7S/c1-3-8-20(27-36(33,34)23-12-7-6-11-22(23)28(31)32)24(29)26-21(25(30)35-2)16-17-13-14-18-9-4-5-10-19(18)15-17/h4-7,9-15,20-21,27H,3,8,16H2,1-2H3,(H,26,29)/t20-,21-/m0/s1. The molecule has 3 aromatic carbocycles. The Labute approximate surface area is 208 Å². The number of fused-ring (bicyclic) bond motifs is 1. The largest absolute Gasteiger partial charge is 0.467 e. The molecule has 0 saturated carbocycles. The summed E-state index contributed by atoms with van der Waals surface area (Å²) in [4.78, 5) is 35.5. The van der Waals surface area contributed by atoms with Crippen LogP contribution in [0.4, 0.5) is 5.69 Å². The molecule has 3 aromatic rings. The molecule has 3 rings (SSSR count). The van der Waals surface area contributed by atoms with Crippen LogP contribution in [0, 0.1) is 10.1 Å². The molecule has 0 spiro atoms. The van der Waals surface area contributed by atoms with E-state index in [1.165, 1.54) is 19.2 Å². The Bertz CT molecular complexity index is 1370. The Morgan fingerprint density at radius 3 is 2.33 bits per heavy atom. The van der Waals surface area contributed by atoms with Crippen LogP contribution in [-0.2, 0) is 30.8 Å². The van der Waals surface area contributed by atoms with Crippen LogP contribution in [0.2, 0.25) is 0 Å². The third-order valence-corrected chi connectivity index (χ3v) is 7.12. The van der Waals surface area contributed by atoms with Crippen LogP contribution in [0.25, 0.3) is 10.8 Å². The molecule has 190 valence electrons. The van der Waals surface area contributed by atoms with Gasteiger partial charge in [-0.3, -0.25) is 14.9 Å². The van der Waals surface area contributed by atoms with E-state index in [1.807, 2.05) is 42.5 Å². The van der Waals surface area contributed by atoms with E-state index in [0.717, 1.165) is 28.5 Å². The summed E-state index contributed by atoms with van der Waals surface area (Å²) in [5.41, 5.74) is 0.168. The first-order chi connectivity index (χ1) is 17.2. The number of nitrogens with zero attached hydrogens (tertiary/aromatic N) is 1. The Balaban J connectivity index is 1.83. The molecule has 0 bridgehead atoms. The lowest BCUT2D eigenvalue weighted by Gasteiger charge is -2.22. The second-order valence-corrected chi connectivity index (χ2v) is 9.84. The van der Waals surface area contributed by atoms with E-state index in [0.29, 0.717) is 6.42 Å². The molecule has 0 unspecified atom stereocenters. The summed E-state index contributed by atoms with van der Waals surface area (Å²) in [6, 6.07) is 15.9. The lowest BCUT2D eigenvalue weighted by atomic mass is 10.0. The molecule has 0 aliphatic rings. The van der Waals surface area contributed by atoms with E-state index < -0.39 is 49.5 Å². The summed E-state index contributed by atoms with van der Waals surface area (Å²) in [6.45, 7) is 1.76. The fourth-order valence-electron chi connectivity index (χ4n) is 3.83. The van der Waals surface area contributed by atoms with Crippen LogP contribution in [0.3, 0.4) is 0 Å². The average molecular weight is 514 g/mol. The number of para-hydroxylation sites is 1. The number of carbonyl (C=O) groups is 2. The number of hydrogen-bond acceptors (Lipinski definition) is 7. The quantitative estimate of drug-likeness (QED) is 0.228. The van der Waals surface area contributed by atoms with Gasteiger partial charge in [0, 0.05) is 12.5 Å². The lowest BCUT2D eigenvalue weighted by molar-refractivity contribution is -0.387. The number of esters is 1. The molecule has 0 aliphatic carbocycles. The van der Waals surface area contributed by atoms with Crippen molar-refractivity contribution in [2.45, 2.75) is 43.2 Å². The number of nitro benzene ring substituents is 1. The molecule has 1 amide bonds. The molecule has 36 heavy (non-hydrogen) atoms. The van der Waals surface area contributed by atoms with Crippen molar-refractivity contribution >= 4 is 38.4 Å². The van der Waals surface area contributed by atoms with Gasteiger partial charge in [-0.25, -0.2) is 13.2 Å². The summed E-state index contributed by atoms with van der Waals surface area (Å²) < 4.78 is 33.0. The second-order valence-electron chi connectivity index (χ2n) is 8.16. The SMILES string of the molecule is CCC[C@H](NS(=O)(=O)c1ccccc1[N+](=O)[O-])C(=O)N[C@@H](Cc1ccc2ccccc2c1)C(=O)OC. The smallest absolute Gasteiger partial charge is 0.328 e. The molecule has 0 aliphatic heterocycles. The molecule has 2 atom stereocenters. The van der Waals surface area contributed by atoms with Gasteiger partial charge in [0.1, 0.15) is 12.1 Å². The fourth-order valence-corrected chi connectivity index (χ4v) is 5.23. The summed E-state index contributed by atoms with van der Waals surface area (Å²) >= 11 is 0. The minimum Gasteiger partial charge on any atom is -0.467 e. The first-order valence-electron chi connectivity index (χ1n) is 11.3. The zero-order valence-electron chi connectivity index (χ0n) is 19.8. The predicted molar refractivity (Wildman–Crippen MR) is 134 cm³/mol. The van der Waals surface area contributed by atoms with Gasteiger partial charge in [0.05, 0.1) is 12.0 Å². The number of methoxy groups -OCH3 is 1. The zero-order valence-corrected chi connectivity index (χ0v) is 20.7. The minimum absolute atomic E-state index is 0.107. The molecular weight excluding hydrogens is 486 g/mol. The van der Waals surface area contributed by atoms with Crippen LogP contribution in [0.15, 0.2) is 71.6 Å². The zero-order chi connectivity index (χ0) is 26.3. The van der Waals surface area contributed by atoms with E-state index >= 15 is 0 Å². The first kappa shape index (κ1) is 26.8. The highest BCUT2D eigenvalue weighted by atomic mass is 32.2. The molecule has 0 fully saturated rings. The first-order valence-corrected chi connectivity index (χ1v) is 12.8. The Hall–Kier alpha value is -3.83. The maximum Gasteiger partial charge on any atom is 0.328 e. The molecule has 0 radical (unpaired) electrons. The summed E-state index contributed by atoms with van der Waals surface area (Å²) in [7, 11) is -3.22. The van der Waals surface area contributed by atoms with Gasteiger partial charge in [-0.1, -0.05) is 67.9 Å². The molecule has 11 heteroatoms. The molecule has 0 heterocycles. The van der Waals surface area contributed by atoms with Crippen LogP contribution in [0.1, 0.15) is 25.3 Å². The molecule has 10 nitrogen and oxygen atoms in total. The number of carbonyl (C=O) groups excluding carboxylic acids is 2.